The topological polar surface area (TPSA) is 12.0 Å². The second-order valence-electron chi connectivity index (χ2n) is 6.74. The van der Waals surface area contributed by atoms with Gasteiger partial charge in [0.1, 0.15) is 5.82 Å². The Morgan fingerprint density at radius 1 is 1.16 bits per heavy atom. The monoisotopic (exact) mass is 265 g/mol. The molecular formula is C17H28FN. The van der Waals surface area contributed by atoms with Crippen molar-refractivity contribution in [2.24, 2.45) is 5.41 Å². The lowest BCUT2D eigenvalue weighted by atomic mass is 9.84. The Morgan fingerprint density at radius 3 is 2.11 bits per heavy atom. The summed E-state index contributed by atoms with van der Waals surface area (Å²) in [4.78, 5) is 0. The normalized spacial score (nSPS) is 13.6. The Kier molecular flexibility index (Phi) is 5.54. The van der Waals surface area contributed by atoms with Crippen molar-refractivity contribution in [2.45, 2.75) is 60.4 Å². The van der Waals surface area contributed by atoms with Crippen LogP contribution in [0.1, 0.15) is 63.3 Å². The minimum atomic E-state index is -0.0752. The van der Waals surface area contributed by atoms with Gasteiger partial charge >= 0.3 is 0 Å². The van der Waals surface area contributed by atoms with Gasteiger partial charge in [0.05, 0.1) is 0 Å². The average Bonchev–Trinajstić information content (AvgIpc) is 2.29. The number of hydrogen-bond acceptors (Lipinski definition) is 1. The number of halogens is 1. The van der Waals surface area contributed by atoms with E-state index in [1.807, 2.05) is 26.0 Å². The van der Waals surface area contributed by atoms with Gasteiger partial charge in [-0.05, 0) is 55.3 Å². The van der Waals surface area contributed by atoms with E-state index in [2.05, 4.69) is 33.0 Å². The molecule has 0 saturated heterocycles. The Bertz CT molecular complexity index is 395. The van der Waals surface area contributed by atoms with Gasteiger partial charge in [0.2, 0.25) is 0 Å². The molecule has 0 aliphatic heterocycles. The zero-order chi connectivity index (χ0) is 14.6. The van der Waals surface area contributed by atoms with E-state index in [9.17, 15) is 4.39 Å². The summed E-state index contributed by atoms with van der Waals surface area (Å²) in [5, 5.41) is 3.59. The maximum atomic E-state index is 13.7. The quantitative estimate of drug-likeness (QED) is 0.797. The zero-order valence-electron chi connectivity index (χ0n) is 13.2. The van der Waals surface area contributed by atoms with Crippen LogP contribution in [0.15, 0.2) is 12.1 Å². The van der Waals surface area contributed by atoms with Crippen LogP contribution < -0.4 is 5.32 Å². The van der Waals surface area contributed by atoms with E-state index in [1.54, 1.807) is 0 Å². The van der Waals surface area contributed by atoms with Crippen LogP contribution in [0, 0.1) is 25.1 Å². The molecule has 1 aromatic carbocycles. The number of rotatable bonds is 5. The van der Waals surface area contributed by atoms with E-state index in [4.69, 9.17) is 0 Å². The van der Waals surface area contributed by atoms with Gasteiger partial charge in [-0.25, -0.2) is 4.39 Å². The third kappa shape index (κ3) is 4.94. The molecule has 1 unspecified atom stereocenters. The van der Waals surface area contributed by atoms with Gasteiger partial charge in [-0.3, -0.25) is 0 Å². The van der Waals surface area contributed by atoms with Gasteiger partial charge in [-0.15, -0.1) is 0 Å². The molecule has 0 saturated carbocycles. The maximum Gasteiger partial charge on any atom is 0.129 e. The first-order chi connectivity index (χ1) is 8.74. The Morgan fingerprint density at radius 2 is 1.68 bits per heavy atom. The van der Waals surface area contributed by atoms with E-state index >= 15 is 0 Å². The fourth-order valence-electron chi connectivity index (χ4n) is 2.42. The van der Waals surface area contributed by atoms with Gasteiger partial charge in [0, 0.05) is 6.04 Å². The minimum Gasteiger partial charge on any atom is -0.310 e. The fourth-order valence-corrected chi connectivity index (χ4v) is 2.42. The summed E-state index contributed by atoms with van der Waals surface area (Å²) >= 11 is 0. The van der Waals surface area contributed by atoms with Crippen LogP contribution in [0.5, 0.6) is 0 Å². The predicted molar refractivity (Wildman–Crippen MR) is 81.0 cm³/mol. The highest BCUT2D eigenvalue weighted by Gasteiger charge is 2.20. The number of nitrogens with one attached hydrogen (secondary N) is 1. The molecule has 2 heteroatoms. The van der Waals surface area contributed by atoms with Gasteiger partial charge in [-0.1, -0.05) is 39.8 Å². The minimum absolute atomic E-state index is 0.0752. The number of hydrogen-bond donors (Lipinski definition) is 1. The molecule has 1 N–H and O–H groups in total. The summed E-state index contributed by atoms with van der Waals surface area (Å²) in [7, 11) is 0. The van der Waals surface area contributed by atoms with Crippen LogP contribution in [0.25, 0.3) is 0 Å². The zero-order valence-corrected chi connectivity index (χ0v) is 13.2. The van der Waals surface area contributed by atoms with Crippen molar-refractivity contribution in [2.75, 3.05) is 6.54 Å². The molecular weight excluding hydrogens is 237 g/mol. The van der Waals surface area contributed by atoms with Crippen molar-refractivity contribution in [3.05, 3.63) is 34.6 Å². The molecule has 0 aromatic heterocycles. The van der Waals surface area contributed by atoms with E-state index in [0.29, 0.717) is 6.04 Å². The highest BCUT2D eigenvalue weighted by molar-refractivity contribution is 5.32. The van der Waals surface area contributed by atoms with Crippen molar-refractivity contribution < 1.29 is 4.39 Å². The molecule has 0 amide bonds. The lowest BCUT2D eigenvalue weighted by Crippen LogP contribution is -2.26. The van der Waals surface area contributed by atoms with Gasteiger partial charge in [0.25, 0.3) is 0 Å². The highest BCUT2D eigenvalue weighted by Crippen LogP contribution is 2.31. The second kappa shape index (κ2) is 6.51. The van der Waals surface area contributed by atoms with Gasteiger partial charge < -0.3 is 5.32 Å². The van der Waals surface area contributed by atoms with Crippen LogP contribution in [0.4, 0.5) is 4.39 Å². The molecule has 0 radical (unpaired) electrons. The van der Waals surface area contributed by atoms with Crippen molar-refractivity contribution in [3.8, 4) is 0 Å². The van der Waals surface area contributed by atoms with E-state index in [-0.39, 0.29) is 11.2 Å². The van der Waals surface area contributed by atoms with Crippen LogP contribution in [-0.4, -0.2) is 6.54 Å². The summed E-state index contributed by atoms with van der Waals surface area (Å²) in [5.74, 6) is -0.0752. The molecule has 0 fully saturated rings. The van der Waals surface area contributed by atoms with Crippen LogP contribution in [0.3, 0.4) is 0 Å². The lowest BCUT2D eigenvalue weighted by molar-refractivity contribution is 0.311. The van der Waals surface area contributed by atoms with Crippen LogP contribution in [0.2, 0.25) is 0 Å². The molecule has 1 rings (SSSR count). The number of aryl methyl sites for hydroxylation is 2. The lowest BCUT2D eigenvalue weighted by Gasteiger charge is -2.28. The van der Waals surface area contributed by atoms with Crippen molar-refractivity contribution in [3.63, 3.8) is 0 Å². The maximum absolute atomic E-state index is 13.7. The van der Waals surface area contributed by atoms with Gasteiger partial charge in [0.15, 0.2) is 0 Å². The first-order valence-corrected chi connectivity index (χ1v) is 7.24. The first kappa shape index (κ1) is 16.2. The van der Waals surface area contributed by atoms with E-state index in [0.717, 1.165) is 30.5 Å². The molecule has 1 atom stereocenters. The van der Waals surface area contributed by atoms with Crippen molar-refractivity contribution >= 4 is 0 Å². The molecule has 0 bridgehead atoms. The molecule has 19 heavy (non-hydrogen) atoms. The summed E-state index contributed by atoms with van der Waals surface area (Å²) in [6, 6.07) is 4.28. The third-order valence-electron chi connectivity index (χ3n) is 3.32. The second-order valence-corrected chi connectivity index (χ2v) is 6.74. The molecule has 1 aromatic rings. The van der Waals surface area contributed by atoms with E-state index in [1.165, 1.54) is 5.56 Å². The highest BCUT2D eigenvalue weighted by atomic mass is 19.1. The predicted octanol–water partition coefficient (Wildman–Crippen LogP) is 4.92. The van der Waals surface area contributed by atoms with Crippen LogP contribution in [-0.2, 0) is 0 Å². The Hall–Kier alpha value is -0.890. The molecule has 108 valence electrons. The standard InChI is InChI=1S/C17H28FN/c1-7-8-19-15(11-17(4,5)6)14-9-12(2)16(18)13(3)10-14/h9-10,15,19H,7-8,11H2,1-6H3. The SMILES string of the molecule is CCCNC(CC(C)(C)C)c1cc(C)c(F)c(C)c1. The summed E-state index contributed by atoms with van der Waals surface area (Å²) in [6.07, 6.45) is 2.16. The smallest absolute Gasteiger partial charge is 0.129 e. The molecule has 0 aliphatic rings. The molecule has 0 aliphatic carbocycles. The molecule has 0 spiro atoms. The third-order valence-corrected chi connectivity index (χ3v) is 3.32. The average molecular weight is 265 g/mol. The Labute approximate surface area is 117 Å². The number of benzene rings is 1. The summed E-state index contributed by atoms with van der Waals surface area (Å²) < 4.78 is 13.7. The summed E-state index contributed by atoms with van der Waals surface area (Å²) in [6.45, 7) is 13.6. The fraction of sp³-hybridized carbons (Fsp3) is 0.647. The Balaban J connectivity index is 3.03. The van der Waals surface area contributed by atoms with Crippen molar-refractivity contribution in [1.29, 1.82) is 0 Å². The first-order valence-electron chi connectivity index (χ1n) is 7.24. The molecule has 0 heterocycles. The largest absolute Gasteiger partial charge is 0.310 e. The van der Waals surface area contributed by atoms with Crippen molar-refractivity contribution in [1.82, 2.24) is 5.32 Å². The van der Waals surface area contributed by atoms with E-state index < -0.39 is 0 Å². The molecule has 1 nitrogen and oxygen atoms in total. The van der Waals surface area contributed by atoms with Crippen LogP contribution >= 0.6 is 0 Å². The summed E-state index contributed by atoms with van der Waals surface area (Å²) in [5.41, 5.74) is 2.95. The van der Waals surface area contributed by atoms with Gasteiger partial charge in [-0.2, -0.15) is 0 Å².